The van der Waals surface area contributed by atoms with Gasteiger partial charge in [-0.3, -0.25) is 4.98 Å². The SMILES string of the molecule is FC(F)(F)c1cc(OCC2CCN(c3ncccn3)CC2)ccn1. The maximum absolute atomic E-state index is 12.6. The molecular weight excluding hydrogens is 321 g/mol. The molecule has 0 unspecified atom stereocenters. The summed E-state index contributed by atoms with van der Waals surface area (Å²) in [5.41, 5.74) is -0.934. The van der Waals surface area contributed by atoms with Crippen LogP contribution in [0.1, 0.15) is 18.5 Å². The number of piperidine rings is 1. The summed E-state index contributed by atoms with van der Waals surface area (Å²) < 4.78 is 43.4. The van der Waals surface area contributed by atoms with Crippen LogP contribution in [0.15, 0.2) is 36.8 Å². The van der Waals surface area contributed by atoms with Crippen molar-refractivity contribution in [1.82, 2.24) is 15.0 Å². The molecule has 1 aliphatic heterocycles. The van der Waals surface area contributed by atoms with E-state index < -0.39 is 11.9 Å². The van der Waals surface area contributed by atoms with Gasteiger partial charge in [-0.1, -0.05) is 0 Å². The maximum Gasteiger partial charge on any atom is 0.433 e. The fraction of sp³-hybridized carbons (Fsp3) is 0.438. The Morgan fingerprint density at radius 2 is 1.79 bits per heavy atom. The first-order valence-corrected chi connectivity index (χ1v) is 7.70. The molecule has 2 aromatic rings. The van der Waals surface area contributed by atoms with Crippen LogP contribution < -0.4 is 9.64 Å². The van der Waals surface area contributed by atoms with Crippen molar-refractivity contribution in [2.24, 2.45) is 5.92 Å². The average Bonchev–Trinajstić information content (AvgIpc) is 2.61. The van der Waals surface area contributed by atoms with Crippen molar-refractivity contribution >= 4 is 5.95 Å². The number of alkyl halides is 3. The van der Waals surface area contributed by atoms with E-state index in [1.807, 2.05) is 0 Å². The third-order valence-corrected chi connectivity index (χ3v) is 3.96. The second-order valence-corrected chi connectivity index (χ2v) is 5.66. The molecule has 1 fully saturated rings. The van der Waals surface area contributed by atoms with Gasteiger partial charge < -0.3 is 9.64 Å². The number of rotatable bonds is 4. The molecule has 0 saturated carbocycles. The minimum Gasteiger partial charge on any atom is -0.493 e. The van der Waals surface area contributed by atoms with Gasteiger partial charge in [-0.05, 0) is 30.9 Å². The molecule has 3 heterocycles. The summed E-state index contributed by atoms with van der Waals surface area (Å²) in [7, 11) is 0. The summed E-state index contributed by atoms with van der Waals surface area (Å²) >= 11 is 0. The number of hydrogen-bond acceptors (Lipinski definition) is 5. The smallest absolute Gasteiger partial charge is 0.433 e. The van der Waals surface area contributed by atoms with Gasteiger partial charge in [0.1, 0.15) is 11.4 Å². The molecule has 0 aromatic carbocycles. The van der Waals surface area contributed by atoms with Crippen molar-refractivity contribution in [3.05, 3.63) is 42.5 Å². The first-order chi connectivity index (χ1) is 11.5. The highest BCUT2D eigenvalue weighted by atomic mass is 19.4. The Morgan fingerprint density at radius 1 is 1.08 bits per heavy atom. The van der Waals surface area contributed by atoms with E-state index in [0.717, 1.165) is 38.2 Å². The molecule has 1 aliphatic rings. The van der Waals surface area contributed by atoms with E-state index in [0.29, 0.717) is 18.5 Å². The summed E-state index contributed by atoms with van der Waals surface area (Å²) in [6, 6.07) is 4.16. The molecule has 8 heteroatoms. The van der Waals surface area contributed by atoms with Crippen molar-refractivity contribution < 1.29 is 17.9 Å². The van der Waals surface area contributed by atoms with Crippen LogP contribution in [0, 0.1) is 5.92 Å². The molecule has 0 spiro atoms. The fourth-order valence-corrected chi connectivity index (χ4v) is 2.62. The number of anilines is 1. The molecule has 0 N–H and O–H groups in total. The van der Waals surface area contributed by atoms with E-state index in [2.05, 4.69) is 19.9 Å². The lowest BCUT2D eigenvalue weighted by molar-refractivity contribution is -0.141. The Morgan fingerprint density at radius 3 is 2.46 bits per heavy atom. The number of hydrogen-bond donors (Lipinski definition) is 0. The van der Waals surface area contributed by atoms with E-state index >= 15 is 0 Å². The van der Waals surface area contributed by atoms with Gasteiger partial charge in [0.25, 0.3) is 0 Å². The third-order valence-electron chi connectivity index (χ3n) is 3.96. The zero-order valence-corrected chi connectivity index (χ0v) is 12.9. The van der Waals surface area contributed by atoms with Gasteiger partial charge in [-0.2, -0.15) is 13.2 Å². The summed E-state index contributed by atoms with van der Waals surface area (Å²) in [6.07, 6.45) is 1.84. The largest absolute Gasteiger partial charge is 0.493 e. The highest BCUT2D eigenvalue weighted by molar-refractivity contribution is 5.29. The Labute approximate surface area is 137 Å². The van der Waals surface area contributed by atoms with Gasteiger partial charge in [-0.25, -0.2) is 9.97 Å². The van der Waals surface area contributed by atoms with Crippen molar-refractivity contribution in [1.29, 1.82) is 0 Å². The van der Waals surface area contributed by atoms with Gasteiger partial charge in [0.05, 0.1) is 6.61 Å². The summed E-state index contributed by atoms with van der Waals surface area (Å²) in [5.74, 6) is 1.21. The first kappa shape index (κ1) is 16.5. The molecule has 0 radical (unpaired) electrons. The average molecular weight is 338 g/mol. The number of aromatic nitrogens is 3. The van der Waals surface area contributed by atoms with Crippen LogP contribution in [0.5, 0.6) is 5.75 Å². The van der Waals surface area contributed by atoms with Crippen LogP contribution in [0.2, 0.25) is 0 Å². The molecule has 2 aromatic heterocycles. The topological polar surface area (TPSA) is 51.1 Å². The molecule has 0 aliphatic carbocycles. The van der Waals surface area contributed by atoms with Gasteiger partial charge in [0.2, 0.25) is 5.95 Å². The summed E-state index contributed by atoms with van der Waals surface area (Å²) in [6.45, 7) is 2.01. The molecule has 0 atom stereocenters. The number of ether oxygens (including phenoxy) is 1. The molecule has 3 rings (SSSR count). The second kappa shape index (κ2) is 7.02. The molecule has 1 saturated heterocycles. The Hall–Kier alpha value is -2.38. The van der Waals surface area contributed by atoms with Crippen molar-refractivity contribution in [2.75, 3.05) is 24.6 Å². The number of halogens is 3. The Kier molecular flexibility index (Phi) is 4.82. The molecule has 5 nitrogen and oxygen atoms in total. The van der Waals surface area contributed by atoms with Crippen molar-refractivity contribution in [2.45, 2.75) is 19.0 Å². The highest BCUT2D eigenvalue weighted by Crippen LogP contribution is 2.30. The summed E-state index contributed by atoms with van der Waals surface area (Å²) in [4.78, 5) is 13.9. The third kappa shape index (κ3) is 4.12. The van der Waals surface area contributed by atoms with E-state index in [4.69, 9.17) is 4.74 Å². The molecular formula is C16H17F3N4O. The lowest BCUT2D eigenvalue weighted by Crippen LogP contribution is -2.36. The molecule has 0 amide bonds. The predicted molar refractivity (Wildman–Crippen MR) is 81.7 cm³/mol. The van der Waals surface area contributed by atoms with E-state index in [-0.39, 0.29) is 5.75 Å². The van der Waals surface area contributed by atoms with E-state index in [1.54, 1.807) is 18.5 Å². The predicted octanol–water partition coefficient (Wildman–Crippen LogP) is 3.19. The van der Waals surface area contributed by atoms with Gasteiger partial charge in [-0.15, -0.1) is 0 Å². The van der Waals surface area contributed by atoms with Crippen molar-refractivity contribution in [3.8, 4) is 5.75 Å². The Bertz CT molecular complexity index is 658. The monoisotopic (exact) mass is 338 g/mol. The normalized spacial score (nSPS) is 16.2. The van der Waals surface area contributed by atoms with Gasteiger partial charge >= 0.3 is 6.18 Å². The van der Waals surface area contributed by atoms with Crippen LogP contribution in [-0.2, 0) is 6.18 Å². The van der Waals surface area contributed by atoms with E-state index in [9.17, 15) is 13.2 Å². The minimum atomic E-state index is -4.46. The van der Waals surface area contributed by atoms with Crippen LogP contribution in [0.4, 0.5) is 19.1 Å². The highest BCUT2D eigenvalue weighted by Gasteiger charge is 2.32. The molecule has 24 heavy (non-hydrogen) atoms. The molecule has 128 valence electrons. The van der Waals surface area contributed by atoms with Crippen LogP contribution in [0.25, 0.3) is 0 Å². The van der Waals surface area contributed by atoms with E-state index in [1.165, 1.54) is 6.07 Å². The van der Waals surface area contributed by atoms with Crippen LogP contribution >= 0.6 is 0 Å². The van der Waals surface area contributed by atoms with Gasteiger partial charge in [0, 0.05) is 37.7 Å². The lowest BCUT2D eigenvalue weighted by Gasteiger charge is -2.31. The quantitative estimate of drug-likeness (QED) is 0.857. The van der Waals surface area contributed by atoms with Crippen LogP contribution in [0.3, 0.4) is 0 Å². The zero-order chi connectivity index (χ0) is 17.0. The number of pyridine rings is 1. The van der Waals surface area contributed by atoms with Crippen LogP contribution in [-0.4, -0.2) is 34.6 Å². The zero-order valence-electron chi connectivity index (χ0n) is 12.9. The first-order valence-electron chi connectivity index (χ1n) is 7.70. The van der Waals surface area contributed by atoms with Crippen molar-refractivity contribution in [3.63, 3.8) is 0 Å². The Balaban J connectivity index is 1.50. The maximum atomic E-state index is 12.6. The fourth-order valence-electron chi connectivity index (χ4n) is 2.62. The minimum absolute atomic E-state index is 0.200. The number of nitrogens with zero attached hydrogens (tertiary/aromatic N) is 4. The molecule has 0 bridgehead atoms. The standard InChI is InChI=1S/C16H17F3N4O/c17-16(18,19)14-10-13(2-7-20-14)24-11-12-3-8-23(9-4-12)15-21-5-1-6-22-15/h1-2,5-7,10,12H,3-4,8-9,11H2. The lowest BCUT2D eigenvalue weighted by atomic mass is 9.98. The second-order valence-electron chi connectivity index (χ2n) is 5.66. The summed E-state index contributed by atoms with van der Waals surface area (Å²) in [5, 5.41) is 0. The van der Waals surface area contributed by atoms with Gasteiger partial charge in [0.15, 0.2) is 0 Å².